The molecule has 0 saturated carbocycles. The largest absolute Gasteiger partial charge is 0.465 e. The second-order valence-electron chi connectivity index (χ2n) is 9.31. The van der Waals surface area contributed by atoms with E-state index in [0.717, 1.165) is 64.2 Å². The Hall–Kier alpha value is -1.06. The summed E-state index contributed by atoms with van der Waals surface area (Å²) >= 11 is 0. The van der Waals surface area contributed by atoms with Crippen molar-refractivity contribution in [2.24, 2.45) is 5.41 Å². The molecule has 0 bridgehead atoms. The molecule has 0 aliphatic rings. The molecule has 0 saturated heterocycles. The molecule has 0 aromatic carbocycles. The quantitative estimate of drug-likeness (QED) is 0.126. The highest BCUT2D eigenvalue weighted by Crippen LogP contribution is 2.30. The molecule has 0 heterocycles. The summed E-state index contributed by atoms with van der Waals surface area (Å²) in [6, 6.07) is 0. The third kappa shape index (κ3) is 17.2. The number of rotatable bonds is 22. The van der Waals surface area contributed by atoms with Gasteiger partial charge < -0.3 is 9.47 Å². The minimum Gasteiger partial charge on any atom is -0.465 e. The summed E-state index contributed by atoms with van der Waals surface area (Å²) in [7, 11) is 0. The SMILES string of the molecule is CCCCCCCCCCC(=O)OCC(CC)(CCCC)COC(=O)CCCCCC. The predicted molar refractivity (Wildman–Crippen MR) is 130 cm³/mol. The molecule has 1 unspecified atom stereocenters. The average Bonchev–Trinajstić information content (AvgIpc) is 2.78. The first kappa shape index (κ1) is 29.9. The van der Waals surface area contributed by atoms with Crippen LogP contribution in [-0.4, -0.2) is 25.2 Å². The smallest absolute Gasteiger partial charge is 0.305 e. The van der Waals surface area contributed by atoms with Gasteiger partial charge in [-0.3, -0.25) is 9.59 Å². The van der Waals surface area contributed by atoms with Crippen LogP contribution < -0.4 is 0 Å². The predicted octanol–water partition coefficient (Wildman–Crippen LogP) is 8.16. The molecule has 0 aromatic heterocycles. The van der Waals surface area contributed by atoms with Crippen molar-refractivity contribution in [3.8, 4) is 0 Å². The summed E-state index contributed by atoms with van der Waals surface area (Å²) < 4.78 is 11.3. The molecule has 0 radical (unpaired) electrons. The van der Waals surface area contributed by atoms with Gasteiger partial charge in [-0.05, 0) is 25.7 Å². The minimum absolute atomic E-state index is 0.105. The molecule has 4 heteroatoms. The van der Waals surface area contributed by atoms with Gasteiger partial charge in [0.05, 0.1) is 0 Å². The highest BCUT2D eigenvalue weighted by Gasteiger charge is 2.31. The summed E-state index contributed by atoms with van der Waals surface area (Å²) in [5, 5.41) is 0. The lowest BCUT2D eigenvalue weighted by Crippen LogP contribution is -2.34. The average molecular weight is 441 g/mol. The topological polar surface area (TPSA) is 52.6 Å². The van der Waals surface area contributed by atoms with Crippen LogP contribution in [0, 0.1) is 5.41 Å². The van der Waals surface area contributed by atoms with Gasteiger partial charge in [-0.25, -0.2) is 0 Å². The van der Waals surface area contributed by atoms with Crippen molar-refractivity contribution in [3.05, 3.63) is 0 Å². The van der Waals surface area contributed by atoms with Crippen LogP contribution in [0.5, 0.6) is 0 Å². The maximum absolute atomic E-state index is 12.3. The van der Waals surface area contributed by atoms with E-state index in [-0.39, 0.29) is 17.4 Å². The standard InChI is InChI=1S/C27H52O4/c1-5-9-12-14-15-16-17-19-21-26(29)31-24-27(8-4,22-11-7-3)23-30-25(28)20-18-13-10-6-2/h5-24H2,1-4H3. The van der Waals surface area contributed by atoms with E-state index in [2.05, 4.69) is 27.7 Å². The first-order valence-corrected chi connectivity index (χ1v) is 13.3. The third-order valence-corrected chi connectivity index (χ3v) is 6.36. The van der Waals surface area contributed by atoms with Gasteiger partial charge in [0.15, 0.2) is 0 Å². The van der Waals surface area contributed by atoms with Gasteiger partial charge in [0.1, 0.15) is 13.2 Å². The van der Waals surface area contributed by atoms with Crippen LogP contribution in [0.25, 0.3) is 0 Å². The summed E-state index contributed by atoms with van der Waals surface area (Å²) in [6.45, 7) is 9.40. The monoisotopic (exact) mass is 440 g/mol. The van der Waals surface area contributed by atoms with Gasteiger partial charge in [0.25, 0.3) is 0 Å². The fourth-order valence-electron chi connectivity index (χ4n) is 3.83. The van der Waals surface area contributed by atoms with E-state index in [1.165, 1.54) is 38.5 Å². The highest BCUT2D eigenvalue weighted by molar-refractivity contribution is 5.69. The fourth-order valence-corrected chi connectivity index (χ4v) is 3.83. The zero-order chi connectivity index (χ0) is 23.2. The van der Waals surface area contributed by atoms with Crippen molar-refractivity contribution in [2.45, 2.75) is 143 Å². The minimum atomic E-state index is -0.246. The van der Waals surface area contributed by atoms with Crippen LogP contribution in [0.1, 0.15) is 143 Å². The second kappa shape index (κ2) is 20.8. The van der Waals surface area contributed by atoms with E-state index in [4.69, 9.17) is 9.47 Å². The zero-order valence-electron chi connectivity index (χ0n) is 21.3. The number of hydrogen-bond donors (Lipinski definition) is 0. The maximum Gasteiger partial charge on any atom is 0.305 e. The number of ether oxygens (including phenoxy) is 2. The number of carbonyl (C=O) groups is 2. The molecule has 0 amide bonds. The van der Waals surface area contributed by atoms with Gasteiger partial charge in [0.2, 0.25) is 0 Å². The normalized spacial score (nSPS) is 13.0. The first-order chi connectivity index (χ1) is 15.0. The van der Waals surface area contributed by atoms with Gasteiger partial charge in [-0.15, -0.1) is 0 Å². The molecule has 184 valence electrons. The maximum atomic E-state index is 12.3. The molecular formula is C27H52O4. The highest BCUT2D eigenvalue weighted by atomic mass is 16.5. The number of hydrogen-bond acceptors (Lipinski definition) is 4. The van der Waals surface area contributed by atoms with Gasteiger partial charge in [-0.1, -0.05) is 105 Å². The zero-order valence-corrected chi connectivity index (χ0v) is 21.3. The van der Waals surface area contributed by atoms with Crippen LogP contribution in [0.15, 0.2) is 0 Å². The van der Waals surface area contributed by atoms with Crippen LogP contribution in [0.3, 0.4) is 0 Å². The van der Waals surface area contributed by atoms with E-state index in [1.54, 1.807) is 0 Å². The Morgan fingerprint density at radius 1 is 0.548 bits per heavy atom. The molecule has 0 rings (SSSR count). The molecule has 0 fully saturated rings. The summed E-state index contributed by atoms with van der Waals surface area (Å²) in [4.78, 5) is 24.4. The Labute approximate surface area is 193 Å². The van der Waals surface area contributed by atoms with Gasteiger partial charge in [0, 0.05) is 18.3 Å². The summed E-state index contributed by atoms with van der Waals surface area (Å²) in [6.07, 6.45) is 19.0. The molecule has 0 aromatic rings. The number of carbonyl (C=O) groups excluding carboxylic acids is 2. The molecule has 0 spiro atoms. The van der Waals surface area contributed by atoms with Crippen LogP contribution >= 0.6 is 0 Å². The van der Waals surface area contributed by atoms with Gasteiger partial charge in [-0.2, -0.15) is 0 Å². The fraction of sp³-hybridized carbons (Fsp3) is 0.926. The van der Waals surface area contributed by atoms with Crippen molar-refractivity contribution in [2.75, 3.05) is 13.2 Å². The van der Waals surface area contributed by atoms with E-state index < -0.39 is 0 Å². The van der Waals surface area contributed by atoms with Crippen molar-refractivity contribution < 1.29 is 19.1 Å². The van der Waals surface area contributed by atoms with Crippen LogP contribution in [0.4, 0.5) is 0 Å². The molecule has 4 nitrogen and oxygen atoms in total. The number of esters is 2. The van der Waals surface area contributed by atoms with Crippen molar-refractivity contribution in [1.29, 1.82) is 0 Å². The Morgan fingerprint density at radius 3 is 1.35 bits per heavy atom. The van der Waals surface area contributed by atoms with Crippen molar-refractivity contribution >= 4 is 11.9 Å². The van der Waals surface area contributed by atoms with Crippen molar-refractivity contribution in [3.63, 3.8) is 0 Å². The first-order valence-electron chi connectivity index (χ1n) is 13.3. The molecular weight excluding hydrogens is 388 g/mol. The lowest BCUT2D eigenvalue weighted by atomic mass is 9.81. The number of unbranched alkanes of at least 4 members (excludes halogenated alkanes) is 11. The van der Waals surface area contributed by atoms with E-state index in [0.29, 0.717) is 26.1 Å². The molecule has 0 aliphatic heterocycles. The Kier molecular flexibility index (Phi) is 20.1. The van der Waals surface area contributed by atoms with Gasteiger partial charge >= 0.3 is 11.9 Å². The summed E-state index contributed by atoms with van der Waals surface area (Å²) in [5.41, 5.74) is -0.246. The van der Waals surface area contributed by atoms with E-state index >= 15 is 0 Å². The van der Waals surface area contributed by atoms with Crippen LogP contribution in [-0.2, 0) is 19.1 Å². The molecule has 0 aliphatic carbocycles. The molecule has 0 N–H and O–H groups in total. The van der Waals surface area contributed by atoms with E-state index in [9.17, 15) is 9.59 Å². The van der Waals surface area contributed by atoms with E-state index in [1.807, 2.05) is 0 Å². The third-order valence-electron chi connectivity index (χ3n) is 6.36. The lowest BCUT2D eigenvalue weighted by molar-refractivity contribution is -0.155. The summed E-state index contributed by atoms with van der Waals surface area (Å²) in [5.74, 6) is -0.220. The Bertz CT molecular complexity index is 435. The van der Waals surface area contributed by atoms with Crippen molar-refractivity contribution in [1.82, 2.24) is 0 Å². The molecule has 1 atom stereocenters. The van der Waals surface area contributed by atoms with Crippen LogP contribution in [0.2, 0.25) is 0 Å². The lowest BCUT2D eigenvalue weighted by Gasteiger charge is -2.31. The Balaban J connectivity index is 4.27. The Morgan fingerprint density at radius 2 is 0.935 bits per heavy atom. The molecule has 31 heavy (non-hydrogen) atoms. The second-order valence-corrected chi connectivity index (χ2v) is 9.31.